The smallest absolute Gasteiger partial charge is 0.230 e. The Labute approximate surface area is 81.8 Å². The topological polar surface area (TPSA) is 51.0 Å². The molecule has 1 N–H and O–H groups in total. The summed E-state index contributed by atoms with van der Waals surface area (Å²) in [5, 5.41) is 12.9. The number of oxime groups is 1. The van der Waals surface area contributed by atoms with Crippen LogP contribution in [-0.2, 0) is 4.84 Å². The summed E-state index contributed by atoms with van der Waals surface area (Å²) in [6.07, 6.45) is -0.362. The molecule has 4 nitrogen and oxygen atoms in total. The molecule has 14 heavy (non-hydrogen) atoms. The molecule has 4 heteroatoms. The van der Waals surface area contributed by atoms with Crippen molar-refractivity contribution in [2.75, 3.05) is 7.11 Å². The summed E-state index contributed by atoms with van der Waals surface area (Å²) in [4.78, 5) is 4.69. The summed E-state index contributed by atoms with van der Waals surface area (Å²) in [6, 6.07) is 7.48. The fourth-order valence-corrected chi connectivity index (χ4v) is 1.32. The minimum atomic E-state index is -0.799. The number of nitrogens with zero attached hydrogens (tertiary/aromatic N) is 1. The number of aliphatic hydroxyl groups excluding tert-OH is 1. The van der Waals surface area contributed by atoms with Crippen LogP contribution < -0.4 is 4.74 Å². The summed E-state index contributed by atoms with van der Waals surface area (Å²) < 4.78 is 5.03. The van der Waals surface area contributed by atoms with Gasteiger partial charge in [-0.3, -0.25) is 0 Å². The zero-order chi connectivity index (χ0) is 9.97. The van der Waals surface area contributed by atoms with Gasteiger partial charge in [0.05, 0.1) is 19.2 Å². The maximum Gasteiger partial charge on any atom is 0.230 e. The van der Waals surface area contributed by atoms with E-state index in [4.69, 9.17) is 9.84 Å². The third kappa shape index (κ3) is 1.70. The summed E-state index contributed by atoms with van der Waals surface area (Å²) in [5.41, 5.74) is 1.71. The van der Waals surface area contributed by atoms with E-state index in [1.54, 1.807) is 7.11 Å². The molecule has 0 fully saturated rings. The average Bonchev–Trinajstić information content (AvgIpc) is 2.65. The molecule has 1 aliphatic heterocycles. The fraction of sp³-hybridized carbons (Fsp3) is 0.300. The number of rotatable bonds is 2. The first-order chi connectivity index (χ1) is 6.79. The van der Waals surface area contributed by atoms with Crippen LogP contribution in [0.4, 0.5) is 0 Å². The predicted octanol–water partition coefficient (Wildman–Crippen LogP) is 1.14. The van der Waals surface area contributed by atoms with Gasteiger partial charge in [0.25, 0.3) is 0 Å². The van der Waals surface area contributed by atoms with Crippen LogP contribution >= 0.6 is 0 Å². The van der Waals surface area contributed by atoms with E-state index in [-0.39, 0.29) is 0 Å². The normalized spacial score (nSPS) is 20.1. The molecule has 1 atom stereocenters. The van der Waals surface area contributed by atoms with Crippen LogP contribution in [-0.4, -0.2) is 24.2 Å². The minimum absolute atomic E-state index is 0.437. The number of hydrogen-bond acceptors (Lipinski definition) is 4. The van der Waals surface area contributed by atoms with E-state index in [0.717, 1.165) is 17.0 Å². The zero-order valence-corrected chi connectivity index (χ0v) is 7.80. The molecule has 0 aliphatic carbocycles. The van der Waals surface area contributed by atoms with Crippen molar-refractivity contribution in [2.45, 2.75) is 12.7 Å². The lowest BCUT2D eigenvalue weighted by Gasteiger charge is -2.01. The first-order valence-corrected chi connectivity index (χ1v) is 4.35. The first-order valence-electron chi connectivity index (χ1n) is 4.35. The lowest BCUT2D eigenvalue weighted by atomic mass is 10.1. The van der Waals surface area contributed by atoms with Crippen molar-refractivity contribution in [3.05, 3.63) is 29.8 Å². The van der Waals surface area contributed by atoms with Gasteiger partial charge in [0.15, 0.2) is 0 Å². The monoisotopic (exact) mass is 193 g/mol. The average molecular weight is 193 g/mol. The van der Waals surface area contributed by atoms with E-state index >= 15 is 0 Å². The Morgan fingerprint density at radius 2 is 2.14 bits per heavy atom. The summed E-state index contributed by atoms with van der Waals surface area (Å²) >= 11 is 0. The highest BCUT2D eigenvalue weighted by Crippen LogP contribution is 2.17. The van der Waals surface area contributed by atoms with Gasteiger partial charge in [-0.25, -0.2) is 0 Å². The Kier molecular flexibility index (Phi) is 2.37. The van der Waals surface area contributed by atoms with Crippen LogP contribution in [0.3, 0.4) is 0 Å². The zero-order valence-electron chi connectivity index (χ0n) is 7.80. The van der Waals surface area contributed by atoms with E-state index in [9.17, 15) is 0 Å². The molecule has 1 aliphatic rings. The molecule has 0 radical (unpaired) electrons. The van der Waals surface area contributed by atoms with E-state index in [2.05, 4.69) is 9.99 Å². The number of methoxy groups -OCH3 is 1. The van der Waals surface area contributed by atoms with Crippen LogP contribution in [0.1, 0.15) is 12.0 Å². The first kappa shape index (κ1) is 9.02. The van der Waals surface area contributed by atoms with Gasteiger partial charge >= 0.3 is 0 Å². The van der Waals surface area contributed by atoms with Crippen molar-refractivity contribution in [3.8, 4) is 5.75 Å². The van der Waals surface area contributed by atoms with E-state index in [1.165, 1.54) is 0 Å². The molecular weight excluding hydrogens is 182 g/mol. The van der Waals surface area contributed by atoms with Gasteiger partial charge in [0.2, 0.25) is 6.29 Å². The highest BCUT2D eigenvalue weighted by atomic mass is 16.7. The highest BCUT2D eigenvalue weighted by Gasteiger charge is 2.18. The Hall–Kier alpha value is -1.55. The molecule has 1 aromatic rings. The van der Waals surface area contributed by atoms with Gasteiger partial charge < -0.3 is 14.7 Å². The second-order valence-electron chi connectivity index (χ2n) is 3.03. The predicted molar refractivity (Wildman–Crippen MR) is 51.2 cm³/mol. The van der Waals surface area contributed by atoms with E-state index < -0.39 is 6.29 Å². The summed E-state index contributed by atoms with van der Waals surface area (Å²) in [7, 11) is 1.62. The fourth-order valence-electron chi connectivity index (χ4n) is 1.32. The second-order valence-corrected chi connectivity index (χ2v) is 3.03. The maximum absolute atomic E-state index is 9.10. The Morgan fingerprint density at radius 3 is 2.64 bits per heavy atom. The van der Waals surface area contributed by atoms with E-state index in [1.807, 2.05) is 24.3 Å². The van der Waals surface area contributed by atoms with Crippen LogP contribution in [0.2, 0.25) is 0 Å². The minimum Gasteiger partial charge on any atom is -0.497 e. The Bertz CT molecular complexity index is 345. The molecule has 2 rings (SSSR count). The number of benzene rings is 1. The molecule has 1 aromatic carbocycles. The van der Waals surface area contributed by atoms with Gasteiger partial charge in [-0.2, -0.15) is 0 Å². The largest absolute Gasteiger partial charge is 0.497 e. The molecule has 1 unspecified atom stereocenters. The summed E-state index contributed by atoms with van der Waals surface area (Å²) in [6.45, 7) is 0. The molecule has 0 aromatic heterocycles. The van der Waals surface area contributed by atoms with Gasteiger partial charge in [-0.05, 0) is 29.8 Å². The number of ether oxygens (including phenoxy) is 1. The van der Waals surface area contributed by atoms with Gasteiger partial charge in [0.1, 0.15) is 5.75 Å². The molecule has 0 saturated heterocycles. The Morgan fingerprint density at radius 1 is 1.43 bits per heavy atom. The van der Waals surface area contributed by atoms with Crippen LogP contribution in [0, 0.1) is 0 Å². The van der Waals surface area contributed by atoms with Crippen LogP contribution in [0.25, 0.3) is 0 Å². The molecule has 0 amide bonds. The quantitative estimate of drug-likeness (QED) is 0.766. The molecule has 0 bridgehead atoms. The van der Waals surface area contributed by atoms with Crippen molar-refractivity contribution in [1.82, 2.24) is 0 Å². The lowest BCUT2D eigenvalue weighted by Crippen LogP contribution is -2.06. The molecule has 0 saturated carbocycles. The van der Waals surface area contributed by atoms with Crippen LogP contribution in [0.15, 0.2) is 29.4 Å². The van der Waals surface area contributed by atoms with Crippen molar-refractivity contribution < 1.29 is 14.7 Å². The maximum atomic E-state index is 9.10. The third-order valence-corrected chi connectivity index (χ3v) is 2.08. The van der Waals surface area contributed by atoms with Crippen molar-refractivity contribution in [2.24, 2.45) is 5.16 Å². The molecular formula is C10H11NO3. The van der Waals surface area contributed by atoms with Gasteiger partial charge in [-0.15, -0.1) is 0 Å². The SMILES string of the molecule is COc1ccc(C2=NOC(O)C2)cc1. The van der Waals surface area contributed by atoms with Gasteiger partial charge in [0, 0.05) is 0 Å². The summed E-state index contributed by atoms with van der Waals surface area (Å²) in [5.74, 6) is 0.800. The molecule has 0 spiro atoms. The van der Waals surface area contributed by atoms with Crippen molar-refractivity contribution >= 4 is 5.71 Å². The van der Waals surface area contributed by atoms with E-state index in [0.29, 0.717) is 6.42 Å². The second kappa shape index (κ2) is 3.67. The molecule has 74 valence electrons. The van der Waals surface area contributed by atoms with Crippen molar-refractivity contribution in [1.29, 1.82) is 0 Å². The van der Waals surface area contributed by atoms with Crippen LogP contribution in [0.5, 0.6) is 5.75 Å². The third-order valence-electron chi connectivity index (χ3n) is 2.08. The molecule has 1 heterocycles. The standard InChI is InChI=1S/C10H11NO3/c1-13-8-4-2-7(3-5-8)9-6-10(12)14-11-9/h2-5,10,12H,6H2,1H3. The van der Waals surface area contributed by atoms with Gasteiger partial charge in [-0.1, -0.05) is 5.16 Å². The number of hydrogen-bond donors (Lipinski definition) is 1. The van der Waals surface area contributed by atoms with Crippen molar-refractivity contribution in [3.63, 3.8) is 0 Å². The highest BCUT2D eigenvalue weighted by molar-refractivity contribution is 6.01. The Balaban J connectivity index is 2.17. The lowest BCUT2D eigenvalue weighted by molar-refractivity contribution is -0.0762. The number of aliphatic hydroxyl groups is 1.